The maximum atomic E-state index is 13.0. The molecular weight excluding hydrogens is 274 g/mol. The number of rotatable bonds is 3. The second-order valence-corrected chi connectivity index (χ2v) is 5.18. The lowest BCUT2D eigenvalue weighted by Crippen LogP contribution is -2.31. The van der Waals surface area contributed by atoms with Gasteiger partial charge in [0.15, 0.2) is 0 Å². The van der Waals surface area contributed by atoms with E-state index in [1.54, 1.807) is 18.2 Å². The van der Waals surface area contributed by atoms with Crippen molar-refractivity contribution in [3.63, 3.8) is 0 Å². The van der Waals surface area contributed by atoms with Gasteiger partial charge in [0.1, 0.15) is 0 Å². The van der Waals surface area contributed by atoms with Gasteiger partial charge in [0.2, 0.25) is 5.91 Å². The Morgan fingerprint density at radius 1 is 1.47 bits per heavy atom. The van der Waals surface area contributed by atoms with Gasteiger partial charge in [0, 0.05) is 30.1 Å². The SMILES string of the molecule is Nc1ccc(Cl)c(CCC(=O)N2CCC(F)(F)C2)c1. The lowest BCUT2D eigenvalue weighted by Gasteiger charge is -2.16. The number of hydrogen-bond donors (Lipinski definition) is 1. The highest BCUT2D eigenvalue weighted by Gasteiger charge is 2.39. The molecule has 1 aromatic rings. The van der Waals surface area contributed by atoms with Gasteiger partial charge in [-0.2, -0.15) is 0 Å². The fourth-order valence-electron chi connectivity index (χ4n) is 2.13. The number of hydrogen-bond acceptors (Lipinski definition) is 2. The molecule has 1 aliphatic rings. The minimum Gasteiger partial charge on any atom is -0.399 e. The molecule has 0 bridgehead atoms. The Balaban J connectivity index is 1.92. The number of carbonyl (C=O) groups is 1. The first-order valence-corrected chi connectivity index (χ1v) is 6.45. The van der Waals surface area contributed by atoms with Crippen LogP contribution in [0.4, 0.5) is 14.5 Å². The van der Waals surface area contributed by atoms with Crippen LogP contribution in [0.1, 0.15) is 18.4 Å². The summed E-state index contributed by atoms with van der Waals surface area (Å²) in [5.41, 5.74) is 6.97. The topological polar surface area (TPSA) is 46.3 Å². The summed E-state index contributed by atoms with van der Waals surface area (Å²) in [6, 6.07) is 5.05. The molecule has 0 saturated carbocycles. The molecule has 0 spiro atoms. The van der Waals surface area contributed by atoms with E-state index in [1.807, 2.05) is 0 Å². The molecule has 0 aliphatic carbocycles. The average Bonchev–Trinajstić information content (AvgIpc) is 2.70. The maximum absolute atomic E-state index is 13.0. The highest BCUT2D eigenvalue weighted by molar-refractivity contribution is 6.31. The Hall–Kier alpha value is -1.36. The second kappa shape index (κ2) is 5.33. The average molecular weight is 289 g/mol. The van der Waals surface area contributed by atoms with Crippen LogP contribution in [-0.2, 0) is 11.2 Å². The summed E-state index contributed by atoms with van der Waals surface area (Å²) >= 11 is 5.98. The van der Waals surface area contributed by atoms with Gasteiger partial charge in [-0.3, -0.25) is 4.79 Å². The molecule has 1 saturated heterocycles. The Bertz CT molecular complexity index is 494. The van der Waals surface area contributed by atoms with Gasteiger partial charge < -0.3 is 10.6 Å². The summed E-state index contributed by atoms with van der Waals surface area (Å²) in [4.78, 5) is 13.0. The molecule has 2 rings (SSSR count). The third-order valence-corrected chi connectivity index (χ3v) is 3.57. The van der Waals surface area contributed by atoms with Gasteiger partial charge in [-0.1, -0.05) is 11.6 Å². The molecule has 3 nitrogen and oxygen atoms in total. The number of carbonyl (C=O) groups excluding carboxylic acids is 1. The number of benzene rings is 1. The molecule has 0 aromatic heterocycles. The van der Waals surface area contributed by atoms with Crippen LogP contribution in [0.5, 0.6) is 0 Å². The van der Waals surface area contributed by atoms with Crippen molar-refractivity contribution in [2.45, 2.75) is 25.2 Å². The van der Waals surface area contributed by atoms with Gasteiger partial charge in [0.25, 0.3) is 5.92 Å². The van der Waals surface area contributed by atoms with Crippen molar-refractivity contribution in [2.75, 3.05) is 18.8 Å². The third kappa shape index (κ3) is 3.56. The number of amides is 1. The number of nitrogens with two attached hydrogens (primary N) is 1. The summed E-state index contributed by atoms with van der Waals surface area (Å²) in [5.74, 6) is -3.01. The van der Waals surface area contributed by atoms with E-state index in [2.05, 4.69) is 0 Å². The van der Waals surface area contributed by atoms with Crippen LogP contribution in [-0.4, -0.2) is 29.8 Å². The van der Waals surface area contributed by atoms with Crippen LogP contribution in [0.15, 0.2) is 18.2 Å². The predicted octanol–water partition coefficient (Wildman–Crippen LogP) is 2.72. The molecule has 104 valence electrons. The number of anilines is 1. The largest absolute Gasteiger partial charge is 0.399 e. The van der Waals surface area contributed by atoms with Crippen LogP contribution < -0.4 is 5.73 Å². The summed E-state index contributed by atoms with van der Waals surface area (Å²) in [6.07, 6.45) is 0.321. The van der Waals surface area contributed by atoms with Crippen molar-refractivity contribution in [3.05, 3.63) is 28.8 Å². The Kier molecular flexibility index (Phi) is 3.94. The Morgan fingerprint density at radius 2 is 2.21 bits per heavy atom. The van der Waals surface area contributed by atoms with E-state index in [0.29, 0.717) is 17.1 Å². The summed E-state index contributed by atoms with van der Waals surface area (Å²) < 4.78 is 26.0. The van der Waals surface area contributed by atoms with Crippen LogP contribution in [0.2, 0.25) is 5.02 Å². The van der Waals surface area contributed by atoms with Gasteiger partial charge in [-0.25, -0.2) is 8.78 Å². The predicted molar refractivity (Wildman–Crippen MR) is 70.3 cm³/mol. The standard InChI is InChI=1S/C13H15ClF2N2O/c14-11-3-2-10(17)7-9(11)1-4-12(19)18-6-5-13(15,16)8-18/h2-3,7H,1,4-6,8,17H2. The molecule has 1 aliphatic heterocycles. The molecular formula is C13H15ClF2N2O. The van der Waals surface area contributed by atoms with E-state index in [1.165, 1.54) is 4.90 Å². The van der Waals surface area contributed by atoms with Crippen LogP contribution in [0.3, 0.4) is 0 Å². The van der Waals surface area contributed by atoms with E-state index < -0.39 is 12.5 Å². The fourth-order valence-corrected chi connectivity index (χ4v) is 2.35. The van der Waals surface area contributed by atoms with Crippen molar-refractivity contribution in [1.29, 1.82) is 0 Å². The normalized spacial score (nSPS) is 17.7. The zero-order valence-electron chi connectivity index (χ0n) is 10.3. The van der Waals surface area contributed by atoms with Crippen LogP contribution in [0.25, 0.3) is 0 Å². The maximum Gasteiger partial charge on any atom is 0.267 e. The van der Waals surface area contributed by atoms with E-state index in [9.17, 15) is 13.6 Å². The molecule has 2 N–H and O–H groups in total. The van der Waals surface area contributed by atoms with Crippen LogP contribution >= 0.6 is 11.6 Å². The van der Waals surface area contributed by atoms with Gasteiger partial charge in [-0.05, 0) is 30.2 Å². The number of nitrogens with zero attached hydrogens (tertiary/aromatic N) is 1. The Labute approximate surface area is 115 Å². The number of aryl methyl sites for hydroxylation is 1. The minimum atomic E-state index is -2.75. The zero-order chi connectivity index (χ0) is 14.0. The lowest BCUT2D eigenvalue weighted by molar-refractivity contribution is -0.131. The van der Waals surface area contributed by atoms with Crippen molar-refractivity contribution in [3.8, 4) is 0 Å². The van der Waals surface area contributed by atoms with E-state index in [-0.39, 0.29) is 25.3 Å². The Morgan fingerprint density at radius 3 is 2.84 bits per heavy atom. The van der Waals surface area contributed by atoms with Crippen LogP contribution in [0, 0.1) is 0 Å². The minimum absolute atomic E-state index is 0.122. The highest BCUT2D eigenvalue weighted by atomic mass is 35.5. The van der Waals surface area contributed by atoms with Crippen molar-refractivity contribution < 1.29 is 13.6 Å². The van der Waals surface area contributed by atoms with Gasteiger partial charge in [0.05, 0.1) is 6.54 Å². The van der Waals surface area contributed by atoms with Crippen molar-refractivity contribution in [1.82, 2.24) is 4.90 Å². The zero-order valence-corrected chi connectivity index (χ0v) is 11.1. The first-order chi connectivity index (χ1) is 8.87. The molecule has 1 fully saturated rings. The lowest BCUT2D eigenvalue weighted by atomic mass is 10.1. The van der Waals surface area contributed by atoms with Gasteiger partial charge >= 0.3 is 0 Å². The quantitative estimate of drug-likeness (QED) is 0.869. The number of halogens is 3. The van der Waals surface area contributed by atoms with E-state index in [4.69, 9.17) is 17.3 Å². The fraction of sp³-hybridized carbons (Fsp3) is 0.462. The molecule has 1 aromatic carbocycles. The first kappa shape index (κ1) is 14.1. The third-order valence-electron chi connectivity index (χ3n) is 3.20. The highest BCUT2D eigenvalue weighted by Crippen LogP contribution is 2.27. The molecule has 1 amide bonds. The number of likely N-dealkylation sites (tertiary alicyclic amines) is 1. The molecule has 19 heavy (non-hydrogen) atoms. The van der Waals surface area contributed by atoms with Crippen molar-refractivity contribution in [2.24, 2.45) is 0 Å². The number of alkyl halides is 2. The smallest absolute Gasteiger partial charge is 0.267 e. The number of nitrogen functional groups attached to an aromatic ring is 1. The molecule has 0 radical (unpaired) electrons. The molecule has 0 unspecified atom stereocenters. The monoisotopic (exact) mass is 288 g/mol. The molecule has 1 heterocycles. The molecule has 6 heteroatoms. The van der Waals surface area contributed by atoms with E-state index in [0.717, 1.165) is 5.56 Å². The second-order valence-electron chi connectivity index (χ2n) is 4.77. The summed E-state index contributed by atoms with van der Waals surface area (Å²) in [5, 5.41) is 0.536. The van der Waals surface area contributed by atoms with Crippen molar-refractivity contribution >= 4 is 23.2 Å². The van der Waals surface area contributed by atoms with E-state index >= 15 is 0 Å². The summed E-state index contributed by atoms with van der Waals surface area (Å²) in [7, 11) is 0. The first-order valence-electron chi connectivity index (χ1n) is 6.07. The van der Waals surface area contributed by atoms with Gasteiger partial charge in [-0.15, -0.1) is 0 Å². The molecule has 0 atom stereocenters. The summed E-state index contributed by atoms with van der Waals surface area (Å²) in [6.45, 7) is -0.354.